The fourth-order valence-electron chi connectivity index (χ4n) is 1.02. The Hall–Kier alpha value is -1.03. The summed E-state index contributed by atoms with van der Waals surface area (Å²) in [5, 5.41) is 6.86. The number of hydrogen-bond acceptors (Lipinski definition) is 2. The average Bonchev–Trinajstić information content (AvgIpc) is 2.70. The highest BCUT2D eigenvalue weighted by atomic mass is 35.5. The van der Waals surface area contributed by atoms with E-state index in [0.717, 1.165) is 0 Å². The minimum absolute atomic E-state index is 0.0235. The maximum atomic E-state index is 11.6. The zero-order chi connectivity index (χ0) is 11.3. The highest BCUT2D eigenvalue weighted by molar-refractivity contribution is 6.19. The van der Waals surface area contributed by atoms with Gasteiger partial charge in [-0.1, -0.05) is 0 Å². The molecule has 1 aromatic rings. The van der Waals surface area contributed by atoms with Crippen molar-refractivity contribution in [3.8, 4) is 0 Å². The summed E-state index contributed by atoms with van der Waals surface area (Å²) in [5.41, 5.74) is -0.508. The lowest BCUT2D eigenvalue weighted by molar-refractivity contribution is -0.128. The second-order valence-electron chi connectivity index (χ2n) is 4.04. The third-order valence-corrected chi connectivity index (χ3v) is 2.80. The van der Waals surface area contributed by atoms with Crippen LogP contribution < -0.4 is 5.32 Å². The highest BCUT2D eigenvalue weighted by Crippen LogP contribution is 2.16. The first-order chi connectivity index (χ1) is 7.06. The molecule has 0 fully saturated rings. The van der Waals surface area contributed by atoms with Gasteiger partial charge >= 0.3 is 0 Å². The Kier molecular flexibility index (Phi) is 4.15. The number of nitrogens with zero attached hydrogens (tertiary/aromatic N) is 2. The molecule has 1 aromatic heterocycles. The van der Waals surface area contributed by atoms with E-state index in [1.54, 1.807) is 10.9 Å². The van der Waals surface area contributed by atoms with Crippen LogP contribution in [0.4, 0.5) is 0 Å². The molecular weight excluding hydrogens is 214 g/mol. The molecule has 15 heavy (non-hydrogen) atoms. The van der Waals surface area contributed by atoms with E-state index < -0.39 is 5.41 Å². The molecular formula is C10H16ClN3O. The van der Waals surface area contributed by atoms with Gasteiger partial charge in [-0.15, -0.1) is 11.6 Å². The maximum Gasteiger partial charge on any atom is 0.226 e. The lowest BCUT2D eigenvalue weighted by atomic mass is 9.95. The Balaban J connectivity index is 2.29. The third-order valence-electron chi connectivity index (χ3n) is 2.13. The molecule has 5 heteroatoms. The number of rotatable bonds is 5. The van der Waals surface area contributed by atoms with Gasteiger partial charge in [-0.2, -0.15) is 5.10 Å². The summed E-state index contributed by atoms with van der Waals surface area (Å²) in [4.78, 5) is 11.6. The molecule has 0 spiro atoms. The van der Waals surface area contributed by atoms with Gasteiger partial charge in [0.25, 0.3) is 0 Å². The molecule has 0 saturated heterocycles. The van der Waals surface area contributed by atoms with Crippen molar-refractivity contribution < 1.29 is 4.79 Å². The summed E-state index contributed by atoms with van der Waals surface area (Å²) in [5.74, 6) is 0.297. The first-order valence-electron chi connectivity index (χ1n) is 4.88. The zero-order valence-electron chi connectivity index (χ0n) is 9.03. The van der Waals surface area contributed by atoms with Crippen LogP contribution in [0.5, 0.6) is 0 Å². The summed E-state index contributed by atoms with van der Waals surface area (Å²) in [6.07, 6.45) is 3.57. The number of nitrogens with one attached hydrogen (secondary N) is 1. The van der Waals surface area contributed by atoms with Crippen molar-refractivity contribution in [1.82, 2.24) is 15.1 Å². The van der Waals surface area contributed by atoms with E-state index >= 15 is 0 Å². The topological polar surface area (TPSA) is 46.9 Å². The van der Waals surface area contributed by atoms with Gasteiger partial charge in [0.15, 0.2) is 0 Å². The van der Waals surface area contributed by atoms with Crippen LogP contribution in [0.1, 0.15) is 13.8 Å². The lowest BCUT2D eigenvalue weighted by Gasteiger charge is -2.20. The zero-order valence-corrected chi connectivity index (χ0v) is 9.79. The van der Waals surface area contributed by atoms with Gasteiger partial charge in [-0.25, -0.2) is 0 Å². The minimum atomic E-state index is -0.508. The number of carbonyl (C=O) groups excluding carboxylic acids is 1. The van der Waals surface area contributed by atoms with Crippen molar-refractivity contribution in [2.24, 2.45) is 5.41 Å². The largest absolute Gasteiger partial charge is 0.354 e. The van der Waals surface area contributed by atoms with Crippen molar-refractivity contribution in [3.05, 3.63) is 18.5 Å². The van der Waals surface area contributed by atoms with Gasteiger partial charge in [0.05, 0.1) is 12.0 Å². The number of alkyl halides is 1. The molecule has 0 atom stereocenters. The van der Waals surface area contributed by atoms with Gasteiger partial charge < -0.3 is 5.32 Å². The third kappa shape index (κ3) is 3.55. The molecule has 84 valence electrons. The summed E-state index contributed by atoms with van der Waals surface area (Å²) in [6.45, 7) is 4.89. The van der Waals surface area contributed by atoms with E-state index in [-0.39, 0.29) is 5.91 Å². The molecule has 4 nitrogen and oxygen atoms in total. The smallest absolute Gasteiger partial charge is 0.226 e. The molecule has 0 aliphatic heterocycles. The van der Waals surface area contributed by atoms with E-state index in [1.807, 2.05) is 26.1 Å². The van der Waals surface area contributed by atoms with Gasteiger partial charge in [-0.05, 0) is 19.9 Å². The van der Waals surface area contributed by atoms with Crippen LogP contribution in [0.3, 0.4) is 0 Å². The Morgan fingerprint density at radius 1 is 1.60 bits per heavy atom. The number of amides is 1. The molecule has 0 aromatic carbocycles. The lowest BCUT2D eigenvalue weighted by Crippen LogP contribution is -2.39. The van der Waals surface area contributed by atoms with E-state index in [4.69, 9.17) is 11.6 Å². The first-order valence-corrected chi connectivity index (χ1v) is 5.41. The Morgan fingerprint density at radius 2 is 2.33 bits per heavy atom. The molecule has 0 unspecified atom stereocenters. The first kappa shape index (κ1) is 12.0. The van der Waals surface area contributed by atoms with E-state index in [0.29, 0.717) is 19.0 Å². The predicted octanol–water partition coefficient (Wildman–Crippen LogP) is 1.26. The van der Waals surface area contributed by atoms with Crippen LogP contribution in [0.2, 0.25) is 0 Å². The number of aromatic nitrogens is 2. The summed E-state index contributed by atoms with van der Waals surface area (Å²) in [7, 11) is 0. The average molecular weight is 230 g/mol. The van der Waals surface area contributed by atoms with Crippen LogP contribution in [0.25, 0.3) is 0 Å². The second-order valence-corrected chi connectivity index (χ2v) is 4.31. The second kappa shape index (κ2) is 5.16. The molecule has 0 radical (unpaired) electrons. The molecule has 1 N–H and O–H groups in total. The number of carbonyl (C=O) groups is 1. The van der Waals surface area contributed by atoms with Crippen LogP contribution in [0, 0.1) is 5.41 Å². The summed E-state index contributed by atoms with van der Waals surface area (Å²) < 4.78 is 1.77. The molecule has 0 bridgehead atoms. The summed E-state index contributed by atoms with van der Waals surface area (Å²) in [6, 6.07) is 1.85. The Morgan fingerprint density at radius 3 is 2.87 bits per heavy atom. The van der Waals surface area contributed by atoms with Crippen LogP contribution in [-0.2, 0) is 11.3 Å². The monoisotopic (exact) mass is 229 g/mol. The molecule has 1 rings (SSSR count). The van der Waals surface area contributed by atoms with Crippen molar-refractivity contribution in [2.75, 3.05) is 12.4 Å². The number of hydrogen-bond donors (Lipinski definition) is 1. The van der Waals surface area contributed by atoms with Gasteiger partial charge in [0.2, 0.25) is 5.91 Å². The summed E-state index contributed by atoms with van der Waals surface area (Å²) >= 11 is 5.69. The standard InChI is InChI=1S/C10H16ClN3O/c1-10(2,8-11)9(15)12-5-7-14-6-3-4-13-14/h3-4,6H,5,7-8H2,1-2H3,(H,12,15). The van der Waals surface area contributed by atoms with Crippen molar-refractivity contribution in [2.45, 2.75) is 20.4 Å². The minimum Gasteiger partial charge on any atom is -0.354 e. The van der Waals surface area contributed by atoms with E-state index in [9.17, 15) is 4.79 Å². The van der Waals surface area contributed by atoms with Gasteiger partial charge in [0.1, 0.15) is 0 Å². The van der Waals surface area contributed by atoms with Crippen molar-refractivity contribution in [1.29, 1.82) is 0 Å². The Labute approximate surface area is 94.6 Å². The predicted molar refractivity (Wildman–Crippen MR) is 59.7 cm³/mol. The molecule has 0 saturated carbocycles. The maximum absolute atomic E-state index is 11.6. The normalized spacial score (nSPS) is 11.4. The molecule has 1 heterocycles. The van der Waals surface area contributed by atoms with Crippen LogP contribution in [0.15, 0.2) is 18.5 Å². The van der Waals surface area contributed by atoms with Crippen molar-refractivity contribution in [3.63, 3.8) is 0 Å². The quantitative estimate of drug-likeness (QED) is 0.773. The van der Waals surface area contributed by atoms with Gasteiger partial charge in [-0.3, -0.25) is 9.48 Å². The Bertz CT molecular complexity index is 308. The fraction of sp³-hybridized carbons (Fsp3) is 0.600. The van der Waals surface area contributed by atoms with Gasteiger partial charge in [0, 0.05) is 24.8 Å². The highest BCUT2D eigenvalue weighted by Gasteiger charge is 2.25. The van der Waals surface area contributed by atoms with Crippen LogP contribution >= 0.6 is 11.6 Å². The van der Waals surface area contributed by atoms with E-state index in [2.05, 4.69) is 10.4 Å². The fourth-order valence-corrected chi connectivity index (χ4v) is 1.14. The molecule has 0 aliphatic carbocycles. The number of halogens is 1. The molecule has 1 amide bonds. The van der Waals surface area contributed by atoms with Crippen molar-refractivity contribution >= 4 is 17.5 Å². The van der Waals surface area contributed by atoms with E-state index in [1.165, 1.54) is 0 Å². The SMILES string of the molecule is CC(C)(CCl)C(=O)NCCn1cccn1. The molecule has 0 aliphatic rings. The van der Waals surface area contributed by atoms with Crippen LogP contribution in [-0.4, -0.2) is 28.1 Å².